The highest BCUT2D eigenvalue weighted by Crippen LogP contribution is 2.63. The zero-order valence-electron chi connectivity index (χ0n) is 33.5. The van der Waals surface area contributed by atoms with Crippen LogP contribution < -0.4 is 0 Å². The van der Waals surface area contributed by atoms with Crippen molar-refractivity contribution in [2.75, 3.05) is 0 Å². The molecule has 11 aromatic rings. The van der Waals surface area contributed by atoms with Gasteiger partial charge >= 0.3 is 0 Å². The van der Waals surface area contributed by atoms with E-state index in [1.807, 2.05) is 48.5 Å². The van der Waals surface area contributed by atoms with E-state index in [1.54, 1.807) is 0 Å². The summed E-state index contributed by atoms with van der Waals surface area (Å²) in [6, 6.07) is 75.6. The Morgan fingerprint density at radius 3 is 1.35 bits per heavy atom. The summed E-state index contributed by atoms with van der Waals surface area (Å²) in [6.45, 7) is 0. The van der Waals surface area contributed by atoms with E-state index in [9.17, 15) is 0 Å². The van der Waals surface area contributed by atoms with Crippen LogP contribution in [0.1, 0.15) is 22.3 Å². The molecule has 288 valence electrons. The third-order valence-electron chi connectivity index (χ3n) is 13.0. The van der Waals surface area contributed by atoms with Crippen LogP contribution in [0.5, 0.6) is 0 Å². The van der Waals surface area contributed by atoms with Gasteiger partial charge < -0.3 is 4.42 Å². The molecule has 0 saturated carbocycles. The van der Waals surface area contributed by atoms with Gasteiger partial charge in [-0.15, -0.1) is 0 Å². The van der Waals surface area contributed by atoms with Crippen molar-refractivity contribution in [3.8, 4) is 78.7 Å². The minimum atomic E-state index is -0.350. The molecule has 0 fully saturated rings. The minimum absolute atomic E-state index is 0.350. The van der Waals surface area contributed by atoms with E-state index in [0.29, 0.717) is 17.5 Å². The van der Waals surface area contributed by atoms with E-state index < -0.39 is 0 Å². The smallest absolute Gasteiger partial charge is 0.164 e. The van der Waals surface area contributed by atoms with Gasteiger partial charge in [-0.25, -0.2) is 15.0 Å². The van der Waals surface area contributed by atoms with Crippen LogP contribution in [-0.4, -0.2) is 15.0 Å². The van der Waals surface area contributed by atoms with Crippen molar-refractivity contribution in [3.05, 3.63) is 235 Å². The van der Waals surface area contributed by atoms with Gasteiger partial charge in [-0.3, -0.25) is 0 Å². The molecule has 0 aliphatic heterocycles. The van der Waals surface area contributed by atoms with E-state index in [-0.39, 0.29) is 5.41 Å². The minimum Gasteiger partial charge on any atom is -0.456 e. The first-order valence-corrected chi connectivity index (χ1v) is 21.1. The maximum atomic E-state index is 6.19. The van der Waals surface area contributed by atoms with Crippen molar-refractivity contribution in [1.82, 2.24) is 15.0 Å². The molecule has 2 aliphatic rings. The second-order valence-corrected chi connectivity index (χ2v) is 16.3. The van der Waals surface area contributed by atoms with Gasteiger partial charge in [0, 0.05) is 27.5 Å². The first-order chi connectivity index (χ1) is 30.7. The van der Waals surface area contributed by atoms with Crippen molar-refractivity contribution in [2.45, 2.75) is 5.41 Å². The van der Waals surface area contributed by atoms with Gasteiger partial charge in [0.25, 0.3) is 0 Å². The molecule has 62 heavy (non-hydrogen) atoms. The van der Waals surface area contributed by atoms with E-state index in [2.05, 4.69) is 164 Å². The van der Waals surface area contributed by atoms with Crippen molar-refractivity contribution in [1.29, 1.82) is 0 Å². The van der Waals surface area contributed by atoms with Crippen LogP contribution >= 0.6 is 0 Å². The lowest BCUT2D eigenvalue weighted by atomic mass is 9.70. The zero-order chi connectivity index (χ0) is 40.8. The predicted octanol–water partition coefficient (Wildman–Crippen LogP) is 14.4. The monoisotopic (exact) mass is 789 g/mol. The Balaban J connectivity index is 0.880. The summed E-state index contributed by atoms with van der Waals surface area (Å²) in [5.41, 5.74) is 19.3. The summed E-state index contributed by atoms with van der Waals surface area (Å²) >= 11 is 0. The molecule has 13 rings (SSSR count). The molecular formula is C58H35N3O. The van der Waals surface area contributed by atoms with Crippen LogP contribution in [0, 0.1) is 0 Å². The van der Waals surface area contributed by atoms with E-state index in [4.69, 9.17) is 19.4 Å². The summed E-state index contributed by atoms with van der Waals surface area (Å²) in [6.07, 6.45) is 0. The molecule has 9 aromatic carbocycles. The Labute approximate surface area is 358 Å². The number of nitrogens with zero attached hydrogens (tertiary/aromatic N) is 3. The molecule has 1 spiro atoms. The summed E-state index contributed by atoms with van der Waals surface area (Å²) in [5.74, 6) is 1.88. The molecule has 4 heteroatoms. The number of aromatic nitrogens is 3. The topological polar surface area (TPSA) is 51.8 Å². The lowest BCUT2D eigenvalue weighted by molar-refractivity contribution is 0.669. The highest BCUT2D eigenvalue weighted by atomic mass is 16.3. The average Bonchev–Trinajstić information content (AvgIpc) is 3.98. The van der Waals surface area contributed by atoms with Crippen LogP contribution in [0.15, 0.2) is 217 Å². The largest absolute Gasteiger partial charge is 0.456 e. The van der Waals surface area contributed by atoms with Gasteiger partial charge in [-0.1, -0.05) is 194 Å². The average molecular weight is 790 g/mol. The van der Waals surface area contributed by atoms with Crippen molar-refractivity contribution < 1.29 is 4.42 Å². The Morgan fingerprint density at radius 1 is 0.290 bits per heavy atom. The molecule has 0 N–H and O–H groups in total. The van der Waals surface area contributed by atoms with E-state index in [1.165, 1.54) is 50.1 Å². The van der Waals surface area contributed by atoms with Gasteiger partial charge in [0.1, 0.15) is 11.2 Å². The standard InChI is InChI=1S/C58H35N3O/c1-2-13-38(14-3-1)55-59-56(61-57(60-55)40-31-27-37(28-32-40)42-19-12-24-53-54(42)46-18-7-11-23-52(46)62-53)39-29-25-36(26-30-39)41-33-34-51-47(35-41)45-17-6-10-22-50(45)58(51)48-20-8-4-15-43(48)44-16-5-9-21-49(44)58/h1-35H. The molecule has 0 saturated heterocycles. The maximum Gasteiger partial charge on any atom is 0.164 e. The molecule has 0 atom stereocenters. The number of para-hydroxylation sites is 1. The van der Waals surface area contributed by atoms with Crippen LogP contribution in [-0.2, 0) is 5.41 Å². The first kappa shape index (κ1) is 34.6. The molecule has 2 aromatic heterocycles. The number of hydrogen-bond donors (Lipinski definition) is 0. The fourth-order valence-electron chi connectivity index (χ4n) is 10.3. The SMILES string of the molecule is c1ccc(-c2nc(-c3ccc(-c4ccc5c(c4)-c4ccccc4C54c5ccccc5-c5ccccc54)cc3)nc(-c3ccc(-c4cccc5oc6ccccc6c45)cc3)n2)cc1. The number of benzene rings is 9. The van der Waals surface area contributed by atoms with Crippen molar-refractivity contribution in [2.24, 2.45) is 0 Å². The normalized spacial score (nSPS) is 13.0. The lowest BCUT2D eigenvalue weighted by Gasteiger charge is -2.30. The van der Waals surface area contributed by atoms with Gasteiger partial charge in [0.05, 0.1) is 5.41 Å². The molecule has 0 radical (unpaired) electrons. The Hall–Kier alpha value is -8.21. The van der Waals surface area contributed by atoms with Gasteiger partial charge in [-0.2, -0.15) is 0 Å². The molecule has 4 nitrogen and oxygen atoms in total. The molecule has 0 bridgehead atoms. The summed E-state index contributed by atoms with van der Waals surface area (Å²) in [4.78, 5) is 15.2. The Kier molecular flexibility index (Phi) is 7.49. The fraction of sp³-hybridized carbons (Fsp3) is 0.0172. The summed E-state index contributed by atoms with van der Waals surface area (Å²) < 4.78 is 6.19. The highest BCUT2D eigenvalue weighted by molar-refractivity contribution is 6.12. The van der Waals surface area contributed by atoms with E-state index in [0.717, 1.165) is 55.3 Å². The maximum absolute atomic E-state index is 6.19. The molecule has 0 unspecified atom stereocenters. The summed E-state index contributed by atoms with van der Waals surface area (Å²) in [7, 11) is 0. The number of furan rings is 1. The molecule has 2 aliphatic carbocycles. The Morgan fingerprint density at radius 2 is 0.726 bits per heavy atom. The highest BCUT2D eigenvalue weighted by Gasteiger charge is 2.51. The lowest BCUT2D eigenvalue weighted by Crippen LogP contribution is -2.25. The predicted molar refractivity (Wildman–Crippen MR) is 251 cm³/mol. The summed E-state index contributed by atoms with van der Waals surface area (Å²) in [5, 5.41) is 2.23. The van der Waals surface area contributed by atoms with Crippen LogP contribution in [0.3, 0.4) is 0 Å². The third-order valence-corrected chi connectivity index (χ3v) is 13.0. The molecule has 0 amide bonds. The van der Waals surface area contributed by atoms with Crippen molar-refractivity contribution >= 4 is 21.9 Å². The quantitative estimate of drug-likeness (QED) is 0.174. The van der Waals surface area contributed by atoms with Gasteiger partial charge in [0.15, 0.2) is 17.5 Å². The fourth-order valence-corrected chi connectivity index (χ4v) is 10.3. The van der Waals surface area contributed by atoms with Crippen LogP contribution in [0.4, 0.5) is 0 Å². The number of rotatable bonds is 5. The van der Waals surface area contributed by atoms with Crippen LogP contribution in [0.25, 0.3) is 101 Å². The first-order valence-electron chi connectivity index (χ1n) is 21.1. The number of fused-ring (bicyclic) bond motifs is 13. The number of hydrogen-bond acceptors (Lipinski definition) is 4. The van der Waals surface area contributed by atoms with Crippen molar-refractivity contribution in [3.63, 3.8) is 0 Å². The third kappa shape index (κ3) is 5.04. The van der Waals surface area contributed by atoms with E-state index >= 15 is 0 Å². The Bertz CT molecular complexity index is 3520. The molecule has 2 heterocycles. The van der Waals surface area contributed by atoms with Gasteiger partial charge in [-0.05, 0) is 85.0 Å². The zero-order valence-corrected chi connectivity index (χ0v) is 33.5. The molecular weight excluding hydrogens is 755 g/mol. The van der Waals surface area contributed by atoms with Crippen LogP contribution in [0.2, 0.25) is 0 Å². The van der Waals surface area contributed by atoms with Gasteiger partial charge in [0.2, 0.25) is 0 Å². The second kappa shape index (κ2) is 13.4. The second-order valence-electron chi connectivity index (χ2n) is 16.3.